The molecule has 0 amide bonds. The van der Waals surface area contributed by atoms with Gasteiger partial charge in [0.25, 0.3) is 5.69 Å². The molecular weight excluding hydrogens is 232 g/mol. The van der Waals surface area contributed by atoms with E-state index in [0.717, 1.165) is 24.9 Å². The van der Waals surface area contributed by atoms with Crippen LogP contribution in [0, 0.1) is 10.1 Å². The highest BCUT2D eigenvalue weighted by Crippen LogP contribution is 2.22. The van der Waals surface area contributed by atoms with Crippen molar-refractivity contribution in [2.24, 2.45) is 0 Å². The molecule has 1 atom stereocenters. The third-order valence-electron chi connectivity index (χ3n) is 3.28. The first kappa shape index (κ1) is 13.0. The number of nitro groups is 1. The van der Waals surface area contributed by atoms with E-state index in [0.29, 0.717) is 13.1 Å². The number of β-amino-alcohol motifs (C(OH)–C–C–N with tert-alkyl or cyclic N) is 1. The molecule has 18 heavy (non-hydrogen) atoms. The summed E-state index contributed by atoms with van der Waals surface area (Å²) in [6.45, 7) is 4.04. The molecule has 5 heteroatoms. The van der Waals surface area contributed by atoms with Crippen molar-refractivity contribution in [2.45, 2.75) is 31.9 Å². The topological polar surface area (TPSA) is 66.6 Å². The number of nitro benzene ring substituents is 1. The van der Waals surface area contributed by atoms with Crippen LogP contribution in [0.15, 0.2) is 24.3 Å². The fraction of sp³-hybridized carbons (Fsp3) is 0.538. The SMILES string of the molecule is CC1(O)CCCN(Cc2cccc([N+](=O)[O-])c2)C1. The minimum Gasteiger partial charge on any atom is -0.389 e. The van der Waals surface area contributed by atoms with Gasteiger partial charge in [0.05, 0.1) is 10.5 Å². The number of hydrogen-bond donors (Lipinski definition) is 1. The lowest BCUT2D eigenvalue weighted by atomic mass is 9.95. The van der Waals surface area contributed by atoms with Crippen LogP contribution in [-0.2, 0) is 6.54 Å². The molecule has 0 radical (unpaired) electrons. The van der Waals surface area contributed by atoms with Gasteiger partial charge in [-0.2, -0.15) is 0 Å². The van der Waals surface area contributed by atoms with E-state index in [2.05, 4.69) is 4.90 Å². The Morgan fingerprint density at radius 1 is 1.56 bits per heavy atom. The second kappa shape index (κ2) is 5.04. The maximum Gasteiger partial charge on any atom is 0.269 e. The second-order valence-corrected chi connectivity index (χ2v) is 5.24. The molecule has 0 bridgehead atoms. The number of aliphatic hydroxyl groups is 1. The van der Waals surface area contributed by atoms with Crippen LogP contribution in [-0.4, -0.2) is 33.6 Å². The van der Waals surface area contributed by atoms with E-state index in [1.54, 1.807) is 12.1 Å². The van der Waals surface area contributed by atoms with Crippen LogP contribution >= 0.6 is 0 Å². The maximum atomic E-state index is 10.7. The Kier molecular flexibility index (Phi) is 3.63. The molecule has 1 fully saturated rings. The normalized spacial score (nSPS) is 25.0. The van der Waals surface area contributed by atoms with Gasteiger partial charge in [-0.1, -0.05) is 12.1 Å². The lowest BCUT2D eigenvalue weighted by Gasteiger charge is -2.36. The Balaban J connectivity index is 2.05. The number of rotatable bonds is 3. The Morgan fingerprint density at radius 3 is 3.00 bits per heavy atom. The zero-order chi connectivity index (χ0) is 13.2. The van der Waals surface area contributed by atoms with Gasteiger partial charge in [0, 0.05) is 25.2 Å². The summed E-state index contributed by atoms with van der Waals surface area (Å²) < 4.78 is 0. The quantitative estimate of drug-likeness (QED) is 0.657. The van der Waals surface area contributed by atoms with Crippen LogP contribution in [0.4, 0.5) is 5.69 Å². The molecule has 0 aliphatic carbocycles. The van der Waals surface area contributed by atoms with Crippen molar-refractivity contribution in [3.63, 3.8) is 0 Å². The van der Waals surface area contributed by atoms with E-state index in [1.165, 1.54) is 6.07 Å². The van der Waals surface area contributed by atoms with E-state index in [9.17, 15) is 15.2 Å². The van der Waals surface area contributed by atoms with Crippen molar-refractivity contribution in [1.29, 1.82) is 0 Å². The van der Waals surface area contributed by atoms with Gasteiger partial charge in [-0.3, -0.25) is 15.0 Å². The Hall–Kier alpha value is -1.46. The second-order valence-electron chi connectivity index (χ2n) is 5.24. The molecule has 5 nitrogen and oxygen atoms in total. The van der Waals surface area contributed by atoms with Gasteiger partial charge in [0.1, 0.15) is 0 Å². The van der Waals surface area contributed by atoms with E-state index >= 15 is 0 Å². The van der Waals surface area contributed by atoms with E-state index in [1.807, 2.05) is 13.0 Å². The van der Waals surface area contributed by atoms with E-state index in [4.69, 9.17) is 0 Å². The molecule has 2 rings (SSSR count). The fourth-order valence-electron chi connectivity index (χ4n) is 2.48. The van der Waals surface area contributed by atoms with Crippen LogP contribution in [0.5, 0.6) is 0 Å². The summed E-state index contributed by atoms with van der Waals surface area (Å²) in [5, 5.41) is 20.7. The zero-order valence-corrected chi connectivity index (χ0v) is 10.5. The van der Waals surface area contributed by atoms with Crippen molar-refractivity contribution in [1.82, 2.24) is 4.90 Å². The summed E-state index contributed by atoms with van der Waals surface area (Å²) in [5.74, 6) is 0. The summed E-state index contributed by atoms with van der Waals surface area (Å²) in [6, 6.07) is 6.69. The van der Waals surface area contributed by atoms with Crippen LogP contribution in [0.3, 0.4) is 0 Å². The summed E-state index contributed by atoms with van der Waals surface area (Å²) in [7, 11) is 0. The van der Waals surface area contributed by atoms with Crippen molar-refractivity contribution in [3.05, 3.63) is 39.9 Å². The largest absolute Gasteiger partial charge is 0.389 e. The van der Waals surface area contributed by atoms with E-state index < -0.39 is 5.60 Å². The summed E-state index contributed by atoms with van der Waals surface area (Å²) in [5.41, 5.74) is 0.400. The molecule has 0 saturated carbocycles. The molecule has 1 N–H and O–H groups in total. The Bertz CT molecular complexity index is 446. The minimum absolute atomic E-state index is 0.122. The van der Waals surface area contributed by atoms with Crippen LogP contribution in [0.2, 0.25) is 0 Å². The predicted molar refractivity (Wildman–Crippen MR) is 68.2 cm³/mol. The molecular formula is C13H18N2O3. The molecule has 0 spiro atoms. The van der Waals surface area contributed by atoms with Gasteiger partial charge in [-0.25, -0.2) is 0 Å². The van der Waals surface area contributed by atoms with Crippen molar-refractivity contribution < 1.29 is 10.0 Å². The van der Waals surface area contributed by atoms with Crippen LogP contribution < -0.4 is 0 Å². The first-order valence-corrected chi connectivity index (χ1v) is 6.14. The number of benzene rings is 1. The summed E-state index contributed by atoms with van der Waals surface area (Å²) in [4.78, 5) is 12.5. The summed E-state index contributed by atoms with van der Waals surface area (Å²) in [6.07, 6.45) is 1.78. The molecule has 1 unspecified atom stereocenters. The zero-order valence-electron chi connectivity index (χ0n) is 10.5. The predicted octanol–water partition coefficient (Wildman–Crippen LogP) is 1.94. The van der Waals surface area contributed by atoms with Gasteiger partial charge in [-0.05, 0) is 31.9 Å². The van der Waals surface area contributed by atoms with Crippen LogP contribution in [0.25, 0.3) is 0 Å². The van der Waals surface area contributed by atoms with E-state index in [-0.39, 0.29) is 10.6 Å². The third kappa shape index (κ3) is 3.27. The van der Waals surface area contributed by atoms with Gasteiger partial charge in [0.2, 0.25) is 0 Å². The standard InChI is InChI=1S/C13H18N2O3/c1-13(16)6-3-7-14(10-13)9-11-4-2-5-12(8-11)15(17)18/h2,4-5,8,16H,3,6-7,9-10H2,1H3. The number of hydrogen-bond acceptors (Lipinski definition) is 4. The first-order valence-electron chi connectivity index (χ1n) is 6.14. The third-order valence-corrected chi connectivity index (χ3v) is 3.28. The number of piperidine rings is 1. The first-order chi connectivity index (χ1) is 8.46. The molecule has 1 aliphatic heterocycles. The molecule has 1 aliphatic rings. The van der Waals surface area contributed by atoms with Gasteiger partial charge < -0.3 is 5.11 Å². The lowest BCUT2D eigenvalue weighted by Crippen LogP contribution is -2.45. The average Bonchev–Trinajstić information content (AvgIpc) is 2.28. The highest BCUT2D eigenvalue weighted by Gasteiger charge is 2.28. The highest BCUT2D eigenvalue weighted by molar-refractivity contribution is 5.34. The minimum atomic E-state index is -0.640. The van der Waals surface area contributed by atoms with Crippen LogP contribution in [0.1, 0.15) is 25.3 Å². The highest BCUT2D eigenvalue weighted by atomic mass is 16.6. The molecule has 1 heterocycles. The Labute approximate surface area is 106 Å². The lowest BCUT2D eigenvalue weighted by molar-refractivity contribution is -0.384. The number of non-ortho nitro benzene ring substituents is 1. The monoisotopic (exact) mass is 250 g/mol. The van der Waals surface area contributed by atoms with Gasteiger partial charge in [0.15, 0.2) is 0 Å². The fourth-order valence-corrected chi connectivity index (χ4v) is 2.48. The maximum absolute atomic E-state index is 10.7. The molecule has 1 aromatic carbocycles. The molecule has 1 saturated heterocycles. The van der Waals surface area contributed by atoms with Gasteiger partial charge in [-0.15, -0.1) is 0 Å². The molecule has 1 aromatic rings. The van der Waals surface area contributed by atoms with Crippen molar-refractivity contribution >= 4 is 5.69 Å². The van der Waals surface area contributed by atoms with Crippen molar-refractivity contribution in [3.8, 4) is 0 Å². The number of likely N-dealkylation sites (tertiary alicyclic amines) is 1. The smallest absolute Gasteiger partial charge is 0.269 e. The van der Waals surface area contributed by atoms with Gasteiger partial charge >= 0.3 is 0 Å². The summed E-state index contributed by atoms with van der Waals surface area (Å²) >= 11 is 0. The van der Waals surface area contributed by atoms with Crippen molar-refractivity contribution in [2.75, 3.05) is 13.1 Å². The Morgan fingerprint density at radius 2 is 2.33 bits per heavy atom. The average molecular weight is 250 g/mol. The molecule has 98 valence electrons. The number of nitrogens with zero attached hydrogens (tertiary/aromatic N) is 2. The molecule has 0 aromatic heterocycles.